The maximum atomic E-state index is 13.1. The molecule has 0 radical (unpaired) electrons. The molecule has 0 aliphatic carbocycles. The normalized spacial score (nSPS) is 12.7. The van der Waals surface area contributed by atoms with Gasteiger partial charge in [-0.2, -0.15) is 13.2 Å². The highest BCUT2D eigenvalue weighted by Gasteiger charge is 2.32. The van der Waals surface area contributed by atoms with Crippen molar-refractivity contribution in [2.75, 3.05) is 0 Å². The second-order valence-electron chi connectivity index (χ2n) is 7.16. The number of nitrogens with zero attached hydrogens (tertiary/aromatic N) is 3. The lowest BCUT2D eigenvalue weighted by Crippen LogP contribution is -2.26. The number of hydrogen-bond acceptors (Lipinski definition) is 4. The molecule has 1 aromatic carbocycles. The summed E-state index contributed by atoms with van der Waals surface area (Å²) in [6.07, 6.45) is -3.83. The van der Waals surface area contributed by atoms with E-state index < -0.39 is 21.8 Å². The monoisotopic (exact) mass is 460 g/mol. The number of alkyl halides is 3. The molecule has 30 heavy (non-hydrogen) atoms. The van der Waals surface area contributed by atoms with Gasteiger partial charge in [0.25, 0.3) is 0 Å². The van der Waals surface area contributed by atoms with E-state index in [2.05, 4.69) is 14.9 Å². The Morgan fingerprint density at radius 1 is 1.00 bits per heavy atom. The summed E-state index contributed by atoms with van der Waals surface area (Å²) in [5.41, 5.74) is 3.02. The van der Waals surface area contributed by atoms with Gasteiger partial charge < -0.3 is 0 Å². The highest BCUT2D eigenvalue weighted by Crippen LogP contribution is 2.32. The van der Waals surface area contributed by atoms with Crippen molar-refractivity contribution in [2.24, 2.45) is 0 Å². The second kappa shape index (κ2) is 7.51. The first-order chi connectivity index (χ1) is 13.8. The van der Waals surface area contributed by atoms with E-state index in [4.69, 9.17) is 11.6 Å². The summed E-state index contributed by atoms with van der Waals surface area (Å²) in [5, 5.41) is 7.34. The number of rotatable bonds is 4. The highest BCUT2D eigenvalue weighted by atomic mass is 35.5. The Kier molecular flexibility index (Phi) is 5.63. The van der Waals surface area contributed by atoms with Crippen molar-refractivity contribution in [2.45, 2.75) is 52.2 Å². The van der Waals surface area contributed by atoms with Crippen molar-refractivity contribution in [1.82, 2.24) is 19.3 Å². The van der Waals surface area contributed by atoms with Gasteiger partial charge in [-0.1, -0.05) is 11.6 Å². The zero-order valence-corrected chi connectivity index (χ0v) is 18.5. The van der Waals surface area contributed by atoms with E-state index in [1.807, 2.05) is 20.8 Å². The molecule has 0 saturated heterocycles. The predicted octanol–water partition coefficient (Wildman–Crippen LogP) is 4.42. The van der Waals surface area contributed by atoms with Crippen molar-refractivity contribution < 1.29 is 21.6 Å². The van der Waals surface area contributed by atoms with E-state index >= 15 is 0 Å². The Morgan fingerprint density at radius 3 is 2.07 bits per heavy atom. The molecule has 0 fully saturated rings. The van der Waals surface area contributed by atoms with Gasteiger partial charge in [-0.15, -0.1) is 10.2 Å². The fourth-order valence-corrected chi connectivity index (χ4v) is 5.20. The SMILES string of the molecule is Cc1c(C)c(C)c(S(=O)(=O)NCc2nnc3c(Cl)cc(C(F)(F)F)cn23)c(C)c1C. The lowest BCUT2D eigenvalue weighted by molar-refractivity contribution is -0.137. The third kappa shape index (κ3) is 3.79. The van der Waals surface area contributed by atoms with E-state index in [9.17, 15) is 21.6 Å². The highest BCUT2D eigenvalue weighted by molar-refractivity contribution is 7.89. The van der Waals surface area contributed by atoms with Gasteiger partial charge in [-0.25, -0.2) is 13.1 Å². The molecule has 2 aromatic heterocycles. The Hall–Kier alpha value is -2.17. The van der Waals surface area contributed by atoms with Crippen LogP contribution in [0.2, 0.25) is 5.02 Å². The molecule has 0 amide bonds. The largest absolute Gasteiger partial charge is 0.417 e. The van der Waals surface area contributed by atoms with Crippen LogP contribution in [0.1, 0.15) is 39.2 Å². The van der Waals surface area contributed by atoms with Crippen LogP contribution in [0.25, 0.3) is 5.65 Å². The zero-order chi connectivity index (χ0) is 22.6. The van der Waals surface area contributed by atoms with Gasteiger partial charge in [0.1, 0.15) is 0 Å². The topological polar surface area (TPSA) is 76.4 Å². The molecule has 0 saturated carbocycles. The summed E-state index contributed by atoms with van der Waals surface area (Å²) in [4.78, 5) is 0.158. The summed E-state index contributed by atoms with van der Waals surface area (Å²) in [6, 6.07) is 0.754. The fraction of sp³-hybridized carbons (Fsp3) is 0.368. The van der Waals surface area contributed by atoms with Gasteiger partial charge in [0.2, 0.25) is 10.0 Å². The van der Waals surface area contributed by atoms with E-state index in [0.717, 1.165) is 33.4 Å². The van der Waals surface area contributed by atoms with Crippen LogP contribution in [0.15, 0.2) is 17.2 Å². The van der Waals surface area contributed by atoms with Gasteiger partial charge in [-0.3, -0.25) is 4.40 Å². The summed E-state index contributed by atoms with van der Waals surface area (Å²) in [6.45, 7) is 8.73. The van der Waals surface area contributed by atoms with Gasteiger partial charge in [0, 0.05) is 6.20 Å². The van der Waals surface area contributed by atoms with Crippen LogP contribution in [-0.2, 0) is 22.7 Å². The number of nitrogens with one attached hydrogen (secondary N) is 1. The fourth-order valence-electron chi connectivity index (χ4n) is 3.38. The lowest BCUT2D eigenvalue weighted by Gasteiger charge is -2.19. The van der Waals surface area contributed by atoms with Gasteiger partial charge in [0.05, 0.1) is 22.0 Å². The molecule has 0 spiro atoms. The van der Waals surface area contributed by atoms with Crippen LogP contribution >= 0.6 is 11.6 Å². The van der Waals surface area contributed by atoms with Crippen LogP contribution in [0.3, 0.4) is 0 Å². The Labute approximate surface area is 177 Å². The van der Waals surface area contributed by atoms with E-state index in [1.54, 1.807) is 13.8 Å². The van der Waals surface area contributed by atoms with Crippen molar-refractivity contribution in [3.63, 3.8) is 0 Å². The summed E-state index contributed by atoms with van der Waals surface area (Å²) in [5.74, 6) is -0.0163. The minimum absolute atomic E-state index is 0.00764. The van der Waals surface area contributed by atoms with Gasteiger partial charge >= 0.3 is 6.18 Å². The molecule has 0 aliphatic rings. The third-order valence-electron chi connectivity index (χ3n) is 5.48. The third-order valence-corrected chi connectivity index (χ3v) is 7.43. The molecule has 6 nitrogen and oxygen atoms in total. The number of aromatic nitrogens is 3. The van der Waals surface area contributed by atoms with Crippen LogP contribution < -0.4 is 4.72 Å². The molecular formula is C19H20ClF3N4O2S. The molecule has 0 bridgehead atoms. The number of fused-ring (bicyclic) bond motifs is 1. The summed E-state index contributed by atoms with van der Waals surface area (Å²) in [7, 11) is -3.96. The number of pyridine rings is 1. The first-order valence-electron chi connectivity index (χ1n) is 8.92. The Bertz CT molecular complexity index is 1240. The van der Waals surface area contributed by atoms with Crippen LogP contribution in [0.4, 0.5) is 13.2 Å². The summed E-state index contributed by atoms with van der Waals surface area (Å²) < 4.78 is 68.9. The number of sulfonamides is 1. The quantitative estimate of drug-likeness (QED) is 0.625. The number of benzene rings is 1. The molecule has 0 aliphatic heterocycles. The average Bonchev–Trinajstić information content (AvgIpc) is 3.06. The molecular weight excluding hydrogens is 441 g/mol. The predicted molar refractivity (Wildman–Crippen MR) is 107 cm³/mol. The lowest BCUT2D eigenvalue weighted by atomic mass is 9.95. The molecule has 0 unspecified atom stereocenters. The standard InChI is InChI=1S/C19H20ClF3N4O2S/c1-9-10(2)12(4)17(13(5)11(9)3)30(28,29)24-7-16-25-26-18-15(20)6-14(8-27(16)18)19(21,22)23/h6,8,24H,7H2,1-5H3. The first kappa shape index (κ1) is 22.5. The maximum Gasteiger partial charge on any atom is 0.417 e. The molecule has 0 atom stereocenters. The minimum Gasteiger partial charge on any atom is -0.283 e. The second-order valence-corrected chi connectivity index (χ2v) is 9.27. The van der Waals surface area contributed by atoms with E-state index in [0.29, 0.717) is 11.1 Å². The number of halogens is 4. The van der Waals surface area contributed by atoms with Crippen molar-refractivity contribution in [3.8, 4) is 0 Å². The number of hydrogen-bond donors (Lipinski definition) is 1. The van der Waals surface area contributed by atoms with E-state index in [1.165, 1.54) is 0 Å². The molecule has 3 rings (SSSR count). The van der Waals surface area contributed by atoms with Gasteiger partial charge in [0.15, 0.2) is 11.5 Å². The first-order valence-corrected chi connectivity index (χ1v) is 10.8. The van der Waals surface area contributed by atoms with Crippen molar-refractivity contribution >= 4 is 27.3 Å². The smallest absolute Gasteiger partial charge is 0.283 e. The molecule has 2 heterocycles. The summed E-state index contributed by atoms with van der Waals surface area (Å²) >= 11 is 5.90. The Balaban J connectivity index is 2.02. The minimum atomic E-state index is -4.62. The molecule has 1 N–H and O–H groups in total. The Morgan fingerprint density at radius 2 is 1.53 bits per heavy atom. The van der Waals surface area contributed by atoms with Crippen LogP contribution in [-0.4, -0.2) is 23.0 Å². The molecule has 11 heteroatoms. The van der Waals surface area contributed by atoms with Crippen LogP contribution in [0.5, 0.6) is 0 Å². The van der Waals surface area contributed by atoms with Gasteiger partial charge in [-0.05, 0) is 68.5 Å². The zero-order valence-electron chi connectivity index (χ0n) is 16.9. The molecule has 3 aromatic rings. The average molecular weight is 461 g/mol. The van der Waals surface area contributed by atoms with Crippen molar-refractivity contribution in [3.05, 3.63) is 56.5 Å². The van der Waals surface area contributed by atoms with Crippen LogP contribution in [0, 0.1) is 34.6 Å². The maximum absolute atomic E-state index is 13.1. The van der Waals surface area contributed by atoms with Crippen molar-refractivity contribution in [1.29, 1.82) is 0 Å². The molecule has 162 valence electrons. The van der Waals surface area contributed by atoms with E-state index in [-0.39, 0.29) is 27.9 Å².